The van der Waals surface area contributed by atoms with Crippen LogP contribution in [0.25, 0.3) is 22.4 Å². The summed E-state index contributed by atoms with van der Waals surface area (Å²) >= 11 is 0. The maximum atomic E-state index is 15.0. The van der Waals surface area contributed by atoms with E-state index in [2.05, 4.69) is 20.3 Å². The third-order valence-electron chi connectivity index (χ3n) is 6.39. The summed E-state index contributed by atoms with van der Waals surface area (Å²) in [6, 6.07) is 8.58. The van der Waals surface area contributed by atoms with Crippen molar-refractivity contribution < 1.29 is 19.0 Å². The number of hydrogen-bond donors (Lipinski definition) is 2. The summed E-state index contributed by atoms with van der Waals surface area (Å²) in [4.78, 5) is 15.0. The quantitative estimate of drug-likeness (QED) is 0.612. The summed E-state index contributed by atoms with van der Waals surface area (Å²) in [6.45, 7) is 0.980. The van der Waals surface area contributed by atoms with Crippen LogP contribution in [0.5, 0.6) is 11.6 Å². The lowest BCUT2D eigenvalue weighted by atomic mass is 9.90. The molecule has 5 rings (SSSR count). The molecule has 1 aromatic carbocycles. The Labute approximate surface area is 191 Å². The van der Waals surface area contributed by atoms with Gasteiger partial charge in [-0.25, -0.2) is 14.4 Å². The Balaban J connectivity index is 1.35. The van der Waals surface area contributed by atoms with Crippen molar-refractivity contribution in [1.82, 2.24) is 20.3 Å². The zero-order chi connectivity index (χ0) is 22.9. The van der Waals surface area contributed by atoms with E-state index >= 15 is 4.39 Å². The van der Waals surface area contributed by atoms with Gasteiger partial charge in [-0.15, -0.1) is 0 Å². The number of piperidine rings is 1. The Morgan fingerprint density at radius 2 is 1.97 bits per heavy atom. The number of morpholine rings is 1. The molecule has 0 aliphatic carbocycles. The number of nitrogens with one attached hydrogen (secondary N) is 1. The molecular weight excluding hydrogens is 425 g/mol. The third kappa shape index (κ3) is 4.21. The highest BCUT2D eigenvalue weighted by molar-refractivity contribution is 5.74. The number of phenols is 1. The fourth-order valence-corrected chi connectivity index (χ4v) is 4.56. The highest BCUT2D eigenvalue weighted by atomic mass is 19.1. The lowest BCUT2D eigenvalue weighted by Gasteiger charge is -2.45. The first-order chi connectivity index (χ1) is 16.0. The van der Waals surface area contributed by atoms with Crippen LogP contribution in [0, 0.1) is 0 Å². The average Bonchev–Trinajstić information content (AvgIpc) is 2.86. The van der Waals surface area contributed by atoms with Gasteiger partial charge in [-0.2, -0.15) is 0 Å². The smallest absolute Gasteiger partial charge is 0.213 e. The minimum absolute atomic E-state index is 0.0914. The van der Waals surface area contributed by atoms with E-state index in [9.17, 15) is 5.11 Å². The standard InChI is InChI=1S/C24H26FN5O3/c1-30(20-9-16-12-33-13-19(29-16)24(20)25)22-11-27-18(10-28-22)17-4-3-14(7-21(17)31)15-5-6-26-23(8-15)32-2/h3-8,10-11,16,19-20,24,29,31H,9,12-13H2,1-2H3/t16?,19?,20-,24+/m1/s1. The van der Waals surface area contributed by atoms with Gasteiger partial charge in [-0.1, -0.05) is 6.07 Å². The second kappa shape index (κ2) is 8.92. The Kier molecular flexibility index (Phi) is 5.82. The molecule has 8 nitrogen and oxygen atoms in total. The zero-order valence-corrected chi connectivity index (χ0v) is 18.5. The van der Waals surface area contributed by atoms with Crippen LogP contribution in [-0.4, -0.2) is 71.7 Å². The van der Waals surface area contributed by atoms with Crippen LogP contribution in [0.4, 0.5) is 10.2 Å². The van der Waals surface area contributed by atoms with E-state index in [-0.39, 0.29) is 23.9 Å². The van der Waals surface area contributed by atoms with Crippen LogP contribution in [0.1, 0.15) is 6.42 Å². The van der Waals surface area contributed by atoms with E-state index < -0.39 is 6.17 Å². The molecule has 172 valence electrons. The van der Waals surface area contributed by atoms with Crippen molar-refractivity contribution in [2.45, 2.75) is 30.7 Å². The molecule has 2 bridgehead atoms. The second-order valence-corrected chi connectivity index (χ2v) is 8.44. The number of alkyl halides is 1. The maximum Gasteiger partial charge on any atom is 0.213 e. The Hall–Kier alpha value is -3.30. The van der Waals surface area contributed by atoms with Gasteiger partial charge < -0.3 is 24.8 Å². The van der Waals surface area contributed by atoms with Gasteiger partial charge in [0.15, 0.2) is 0 Å². The van der Waals surface area contributed by atoms with Gasteiger partial charge in [-0.3, -0.25) is 4.98 Å². The minimum Gasteiger partial charge on any atom is -0.507 e. The molecule has 2 N–H and O–H groups in total. The molecule has 0 radical (unpaired) electrons. The average molecular weight is 452 g/mol. The van der Waals surface area contributed by atoms with Crippen molar-refractivity contribution in [3.8, 4) is 34.0 Å². The van der Waals surface area contributed by atoms with Crippen LogP contribution >= 0.6 is 0 Å². The van der Waals surface area contributed by atoms with Crippen LogP contribution in [-0.2, 0) is 4.74 Å². The van der Waals surface area contributed by atoms with Gasteiger partial charge in [0.1, 0.15) is 17.7 Å². The largest absolute Gasteiger partial charge is 0.507 e. The lowest BCUT2D eigenvalue weighted by Crippen LogP contribution is -2.65. The minimum atomic E-state index is -1.06. The van der Waals surface area contributed by atoms with Gasteiger partial charge in [0, 0.05) is 30.9 Å². The fourth-order valence-electron chi connectivity index (χ4n) is 4.56. The molecule has 2 unspecified atom stereocenters. The van der Waals surface area contributed by atoms with Crippen LogP contribution in [0.2, 0.25) is 0 Å². The zero-order valence-electron chi connectivity index (χ0n) is 18.5. The molecule has 0 amide bonds. The molecule has 4 heterocycles. The number of ether oxygens (including phenoxy) is 2. The SMILES string of the molecule is COc1cc(-c2ccc(-c3cnc(N(C)[C@@H]4CC5COCC(N5)[C@@H]4F)cn3)c(O)c2)ccn1. The summed E-state index contributed by atoms with van der Waals surface area (Å²) in [5.41, 5.74) is 2.81. The Bertz CT molecular complexity index is 1130. The maximum absolute atomic E-state index is 15.0. The first kappa shape index (κ1) is 21.5. The number of halogens is 1. The van der Waals surface area contributed by atoms with Crippen molar-refractivity contribution in [1.29, 1.82) is 0 Å². The summed E-state index contributed by atoms with van der Waals surface area (Å²) in [5.74, 6) is 1.18. The first-order valence-corrected chi connectivity index (χ1v) is 10.9. The van der Waals surface area contributed by atoms with Gasteiger partial charge in [0.2, 0.25) is 5.88 Å². The predicted molar refractivity (Wildman–Crippen MR) is 122 cm³/mol. The molecule has 0 spiro atoms. The number of benzene rings is 1. The molecule has 2 aromatic heterocycles. The number of fused-ring (bicyclic) bond motifs is 2. The van der Waals surface area contributed by atoms with Crippen LogP contribution in [0.3, 0.4) is 0 Å². The number of aromatic nitrogens is 3. The highest BCUT2D eigenvalue weighted by Crippen LogP contribution is 2.34. The first-order valence-electron chi connectivity index (χ1n) is 10.9. The molecule has 9 heteroatoms. The number of pyridine rings is 1. The fraction of sp³-hybridized carbons (Fsp3) is 0.375. The molecule has 2 aliphatic rings. The van der Waals surface area contributed by atoms with E-state index in [1.165, 1.54) is 0 Å². The van der Waals surface area contributed by atoms with Crippen molar-refractivity contribution >= 4 is 5.82 Å². The Morgan fingerprint density at radius 1 is 1.12 bits per heavy atom. The van der Waals surface area contributed by atoms with E-state index in [0.717, 1.165) is 11.1 Å². The molecular formula is C24H26FN5O3. The molecule has 4 atom stereocenters. The van der Waals surface area contributed by atoms with E-state index in [1.807, 2.05) is 24.1 Å². The summed E-state index contributed by atoms with van der Waals surface area (Å²) in [5, 5.41) is 13.9. The van der Waals surface area contributed by atoms with Gasteiger partial charge in [0.05, 0.1) is 50.5 Å². The molecule has 2 aliphatic heterocycles. The third-order valence-corrected chi connectivity index (χ3v) is 6.39. The van der Waals surface area contributed by atoms with Crippen LogP contribution in [0.15, 0.2) is 48.9 Å². The predicted octanol–water partition coefficient (Wildman–Crippen LogP) is 2.82. The van der Waals surface area contributed by atoms with E-state index in [0.29, 0.717) is 42.6 Å². The highest BCUT2D eigenvalue weighted by Gasteiger charge is 2.42. The number of hydrogen-bond acceptors (Lipinski definition) is 8. The summed E-state index contributed by atoms with van der Waals surface area (Å²) in [7, 11) is 3.41. The van der Waals surface area contributed by atoms with E-state index in [1.54, 1.807) is 43.9 Å². The molecule has 2 saturated heterocycles. The van der Waals surface area contributed by atoms with Crippen LogP contribution < -0.4 is 15.0 Å². The normalized spacial score (nSPS) is 24.3. The van der Waals surface area contributed by atoms with Crippen molar-refractivity contribution in [2.75, 3.05) is 32.3 Å². The molecule has 2 fully saturated rings. The number of methoxy groups -OCH3 is 1. The topological polar surface area (TPSA) is 92.6 Å². The second-order valence-electron chi connectivity index (χ2n) is 8.44. The number of phenolic OH excluding ortho intramolecular Hbond substituents is 1. The molecule has 0 saturated carbocycles. The monoisotopic (exact) mass is 451 g/mol. The Morgan fingerprint density at radius 3 is 2.73 bits per heavy atom. The van der Waals surface area contributed by atoms with Crippen molar-refractivity contribution in [3.05, 3.63) is 48.9 Å². The number of rotatable bonds is 5. The number of aromatic hydroxyl groups is 1. The van der Waals surface area contributed by atoms with Gasteiger partial charge in [-0.05, 0) is 35.7 Å². The van der Waals surface area contributed by atoms with Crippen molar-refractivity contribution in [2.24, 2.45) is 0 Å². The van der Waals surface area contributed by atoms with Gasteiger partial charge in [0.25, 0.3) is 0 Å². The number of nitrogens with zero attached hydrogens (tertiary/aromatic N) is 4. The van der Waals surface area contributed by atoms with E-state index in [4.69, 9.17) is 9.47 Å². The van der Waals surface area contributed by atoms with Crippen molar-refractivity contribution in [3.63, 3.8) is 0 Å². The molecule has 33 heavy (non-hydrogen) atoms. The summed E-state index contributed by atoms with van der Waals surface area (Å²) < 4.78 is 25.7. The lowest BCUT2D eigenvalue weighted by molar-refractivity contribution is -0.0175. The van der Waals surface area contributed by atoms with Gasteiger partial charge >= 0.3 is 0 Å². The molecule has 3 aromatic rings. The number of anilines is 1. The summed E-state index contributed by atoms with van der Waals surface area (Å²) in [6.07, 6.45) is 4.46.